The number of aryl methyl sites for hydroxylation is 1. The van der Waals surface area contributed by atoms with E-state index in [9.17, 15) is 0 Å². The monoisotopic (exact) mass is 590 g/mol. The largest absolute Gasteiger partial charge is 0.294 e. The van der Waals surface area contributed by atoms with Crippen LogP contribution in [0.25, 0.3) is 82.1 Å². The average Bonchev–Trinajstić information content (AvgIpc) is 3.43. The number of hydrogen-bond donors (Lipinski definition) is 0. The number of imidazole rings is 1. The van der Waals surface area contributed by atoms with Crippen molar-refractivity contribution in [2.45, 2.75) is 16.7 Å². The van der Waals surface area contributed by atoms with E-state index in [1.54, 1.807) is 0 Å². The Morgan fingerprint density at radius 1 is 0.489 bits per heavy atom. The zero-order valence-corrected chi connectivity index (χ0v) is 25.4. The second kappa shape index (κ2) is 9.31. The molecule has 0 bridgehead atoms. The van der Waals surface area contributed by atoms with Crippen molar-refractivity contribution in [1.29, 1.82) is 0 Å². The van der Waals surface area contributed by atoms with Gasteiger partial charge in [-0.1, -0.05) is 121 Å². The Bertz CT molecular complexity index is 2640. The fourth-order valence-corrected chi connectivity index (χ4v) is 8.69. The molecule has 1 aliphatic heterocycles. The van der Waals surface area contributed by atoms with E-state index in [1.807, 2.05) is 11.8 Å². The topological polar surface area (TPSA) is 17.8 Å². The summed E-state index contributed by atoms with van der Waals surface area (Å²) in [6, 6.07) is 51.4. The average molecular weight is 591 g/mol. The molecule has 0 N–H and O–H groups in total. The predicted molar refractivity (Wildman–Crippen MR) is 191 cm³/mol. The fourth-order valence-electron chi connectivity index (χ4n) is 7.56. The third-order valence-corrected chi connectivity index (χ3v) is 10.6. The Morgan fingerprint density at radius 3 is 1.82 bits per heavy atom. The van der Waals surface area contributed by atoms with Gasteiger partial charge in [0.05, 0.1) is 16.7 Å². The first-order valence-corrected chi connectivity index (χ1v) is 16.2. The first-order chi connectivity index (χ1) is 22.2. The molecule has 9 aromatic rings. The van der Waals surface area contributed by atoms with Crippen LogP contribution in [0.1, 0.15) is 5.82 Å². The van der Waals surface area contributed by atoms with Gasteiger partial charge < -0.3 is 0 Å². The third kappa shape index (κ3) is 3.56. The Labute approximate surface area is 264 Å². The van der Waals surface area contributed by atoms with Crippen molar-refractivity contribution in [2.75, 3.05) is 0 Å². The summed E-state index contributed by atoms with van der Waals surface area (Å²) >= 11 is 1.85. The van der Waals surface area contributed by atoms with Crippen LogP contribution in [0.15, 0.2) is 149 Å². The maximum atomic E-state index is 4.87. The minimum atomic E-state index is 1.02. The van der Waals surface area contributed by atoms with Gasteiger partial charge >= 0.3 is 0 Å². The molecule has 2 heterocycles. The Morgan fingerprint density at radius 2 is 1.09 bits per heavy atom. The highest BCUT2D eigenvalue weighted by molar-refractivity contribution is 7.99. The summed E-state index contributed by atoms with van der Waals surface area (Å²) in [7, 11) is 0. The highest BCUT2D eigenvalue weighted by Gasteiger charge is 2.24. The van der Waals surface area contributed by atoms with Crippen molar-refractivity contribution in [1.82, 2.24) is 9.55 Å². The molecule has 3 heteroatoms. The molecule has 0 radical (unpaired) electrons. The van der Waals surface area contributed by atoms with E-state index in [-0.39, 0.29) is 0 Å². The number of nitrogens with zero attached hydrogens (tertiary/aromatic N) is 2. The number of hydrogen-bond acceptors (Lipinski definition) is 2. The van der Waals surface area contributed by atoms with Crippen molar-refractivity contribution < 1.29 is 0 Å². The van der Waals surface area contributed by atoms with Gasteiger partial charge in [-0.25, -0.2) is 4.98 Å². The van der Waals surface area contributed by atoms with Gasteiger partial charge in [0.1, 0.15) is 5.82 Å². The zero-order valence-electron chi connectivity index (χ0n) is 24.6. The first-order valence-electron chi connectivity index (χ1n) is 15.4. The van der Waals surface area contributed by atoms with E-state index in [0.29, 0.717) is 0 Å². The minimum Gasteiger partial charge on any atom is -0.294 e. The van der Waals surface area contributed by atoms with Gasteiger partial charge in [0, 0.05) is 9.79 Å². The van der Waals surface area contributed by atoms with Crippen LogP contribution in [0.3, 0.4) is 0 Å². The lowest BCUT2D eigenvalue weighted by Gasteiger charge is -2.22. The van der Waals surface area contributed by atoms with Crippen LogP contribution in [0.2, 0.25) is 0 Å². The highest BCUT2D eigenvalue weighted by Crippen LogP contribution is 2.48. The molecular weight excluding hydrogens is 565 g/mol. The lowest BCUT2D eigenvalue weighted by molar-refractivity contribution is 0.963. The maximum absolute atomic E-state index is 4.87. The smallest absolute Gasteiger partial charge is 0.111 e. The number of benzene rings is 8. The Hall–Kier alpha value is -5.38. The molecule has 1 aliphatic rings. The van der Waals surface area contributed by atoms with Crippen LogP contribution in [-0.4, -0.2) is 9.55 Å². The van der Waals surface area contributed by atoms with Gasteiger partial charge in [0.15, 0.2) is 0 Å². The normalized spacial score (nSPS) is 12.5. The van der Waals surface area contributed by atoms with Gasteiger partial charge in [0.25, 0.3) is 0 Å². The summed E-state index contributed by atoms with van der Waals surface area (Å²) < 4.78 is 2.32. The van der Waals surface area contributed by atoms with Gasteiger partial charge in [0.2, 0.25) is 0 Å². The zero-order chi connectivity index (χ0) is 29.6. The van der Waals surface area contributed by atoms with Gasteiger partial charge in [-0.15, -0.1) is 0 Å². The van der Waals surface area contributed by atoms with Gasteiger partial charge in [-0.3, -0.25) is 4.57 Å². The molecule has 8 aromatic carbocycles. The van der Waals surface area contributed by atoms with Crippen molar-refractivity contribution in [2.24, 2.45) is 0 Å². The molecule has 0 amide bonds. The Kier molecular flexibility index (Phi) is 5.17. The summed E-state index contributed by atoms with van der Waals surface area (Å²) in [5.74, 6) is 1.02. The molecule has 0 unspecified atom stereocenters. The van der Waals surface area contributed by atoms with Gasteiger partial charge in [-0.05, 0) is 103 Å². The standard InChI is InChI=1S/C42H26N2S/c1-25-43-36-15-8-16-38-42(36)44(25)37-22-20-29(24-39(37)45-38)41-34-13-6-4-11-32(34)40(33-12-5-7-14-35(33)41)28-19-21-31-27(23-28)18-17-26-9-2-3-10-30(26)31/h2-24H,1H3. The summed E-state index contributed by atoms with van der Waals surface area (Å²) in [4.78, 5) is 7.38. The molecule has 1 aromatic heterocycles. The van der Waals surface area contributed by atoms with E-state index < -0.39 is 0 Å². The van der Waals surface area contributed by atoms with E-state index >= 15 is 0 Å². The van der Waals surface area contributed by atoms with Crippen molar-refractivity contribution in [3.05, 3.63) is 145 Å². The van der Waals surface area contributed by atoms with Gasteiger partial charge in [-0.2, -0.15) is 0 Å². The first kappa shape index (κ1) is 25.0. The second-order valence-corrected chi connectivity index (χ2v) is 13.1. The molecule has 210 valence electrons. The summed E-state index contributed by atoms with van der Waals surface area (Å²) in [5.41, 5.74) is 8.53. The quantitative estimate of drug-likeness (QED) is 0.147. The molecule has 45 heavy (non-hydrogen) atoms. The summed E-state index contributed by atoms with van der Waals surface area (Å²) in [6.07, 6.45) is 0. The van der Waals surface area contributed by atoms with E-state index in [2.05, 4.69) is 151 Å². The van der Waals surface area contributed by atoms with Crippen molar-refractivity contribution >= 4 is 65.9 Å². The van der Waals surface area contributed by atoms with Crippen LogP contribution < -0.4 is 0 Å². The van der Waals surface area contributed by atoms with Crippen LogP contribution >= 0.6 is 11.8 Å². The molecule has 2 nitrogen and oxygen atoms in total. The number of aromatic nitrogens is 2. The van der Waals surface area contributed by atoms with Crippen LogP contribution in [0.5, 0.6) is 0 Å². The maximum Gasteiger partial charge on any atom is 0.111 e. The summed E-state index contributed by atoms with van der Waals surface area (Å²) in [6.45, 7) is 2.10. The molecule has 10 rings (SSSR count). The number of fused-ring (bicyclic) bond motifs is 7. The molecule has 0 atom stereocenters. The number of rotatable bonds is 2. The van der Waals surface area contributed by atoms with Crippen molar-refractivity contribution in [3.8, 4) is 27.9 Å². The lowest BCUT2D eigenvalue weighted by Crippen LogP contribution is -2.03. The van der Waals surface area contributed by atoms with Crippen LogP contribution in [0, 0.1) is 6.92 Å². The molecule has 0 aliphatic carbocycles. The third-order valence-electron chi connectivity index (χ3n) is 9.48. The highest BCUT2D eigenvalue weighted by atomic mass is 32.2. The SMILES string of the molecule is Cc1nc2cccc3c2n1-c1ccc(-c2c4ccccc4c(-c4ccc5c(ccc6ccccc65)c4)c4ccccc24)cc1S3. The fraction of sp³-hybridized carbons (Fsp3) is 0.0238. The van der Waals surface area contributed by atoms with Crippen LogP contribution in [-0.2, 0) is 0 Å². The Balaban J connectivity index is 1.23. The molecule has 0 spiro atoms. The summed E-state index contributed by atoms with van der Waals surface area (Å²) in [5, 5.41) is 10.2. The second-order valence-electron chi connectivity index (χ2n) is 12.0. The minimum absolute atomic E-state index is 1.02. The van der Waals surface area contributed by atoms with E-state index in [4.69, 9.17) is 4.98 Å². The molecule has 0 fully saturated rings. The van der Waals surface area contributed by atoms with Crippen LogP contribution in [0.4, 0.5) is 0 Å². The molecule has 0 saturated carbocycles. The predicted octanol–water partition coefficient (Wildman–Crippen LogP) is 11.7. The van der Waals surface area contributed by atoms with E-state index in [0.717, 1.165) is 11.3 Å². The molecule has 0 saturated heterocycles. The molecular formula is C42H26N2S. The van der Waals surface area contributed by atoms with Crippen molar-refractivity contribution in [3.63, 3.8) is 0 Å². The van der Waals surface area contributed by atoms with E-state index in [1.165, 1.54) is 86.3 Å². The lowest BCUT2D eigenvalue weighted by atomic mass is 9.85. The number of para-hydroxylation sites is 1.